The van der Waals surface area contributed by atoms with Crippen molar-refractivity contribution in [2.24, 2.45) is 0 Å². The van der Waals surface area contributed by atoms with E-state index in [1.165, 1.54) is 0 Å². The molecule has 0 fully saturated rings. The first-order valence-electron chi connectivity index (χ1n) is 8.21. The number of hydrogen-bond acceptors (Lipinski definition) is 2. The van der Waals surface area contributed by atoms with Crippen molar-refractivity contribution in [3.05, 3.63) is 94.0 Å². The van der Waals surface area contributed by atoms with Crippen molar-refractivity contribution in [3.63, 3.8) is 0 Å². The zero-order valence-electron chi connectivity index (χ0n) is 14.2. The molecule has 136 valence electrons. The zero-order chi connectivity index (χ0) is 19.2. The molecule has 4 nitrogen and oxygen atoms in total. The van der Waals surface area contributed by atoms with Crippen LogP contribution < -0.4 is 10.6 Å². The molecule has 27 heavy (non-hydrogen) atoms. The number of benzene rings is 3. The number of nitrogens with one attached hydrogen (secondary N) is 2. The van der Waals surface area contributed by atoms with Gasteiger partial charge in [-0.1, -0.05) is 53.5 Å². The van der Waals surface area contributed by atoms with E-state index >= 15 is 0 Å². The van der Waals surface area contributed by atoms with Gasteiger partial charge >= 0.3 is 0 Å². The molecule has 2 amide bonds. The number of para-hydroxylation sites is 1. The van der Waals surface area contributed by atoms with Crippen LogP contribution in [-0.2, 0) is 11.2 Å². The van der Waals surface area contributed by atoms with Gasteiger partial charge in [-0.2, -0.15) is 0 Å². The van der Waals surface area contributed by atoms with Crippen LogP contribution in [0.1, 0.15) is 15.9 Å². The molecule has 3 aromatic rings. The van der Waals surface area contributed by atoms with Crippen LogP contribution >= 0.6 is 23.2 Å². The lowest BCUT2D eigenvalue weighted by Crippen LogP contribution is -2.16. The lowest BCUT2D eigenvalue weighted by atomic mass is 10.1. The number of amides is 2. The average molecular weight is 399 g/mol. The van der Waals surface area contributed by atoms with Crippen LogP contribution in [0, 0.1) is 0 Å². The average Bonchev–Trinajstić information content (AvgIpc) is 2.66. The number of anilines is 2. The van der Waals surface area contributed by atoms with Gasteiger partial charge in [0.15, 0.2) is 0 Å². The summed E-state index contributed by atoms with van der Waals surface area (Å²) >= 11 is 12.0. The van der Waals surface area contributed by atoms with Gasteiger partial charge in [0, 0.05) is 16.3 Å². The summed E-state index contributed by atoms with van der Waals surface area (Å²) in [6.45, 7) is 0. The molecule has 0 aromatic heterocycles. The first-order valence-corrected chi connectivity index (χ1v) is 8.97. The van der Waals surface area contributed by atoms with Gasteiger partial charge in [0.2, 0.25) is 5.91 Å². The molecule has 0 unspecified atom stereocenters. The Morgan fingerprint density at radius 3 is 2.22 bits per heavy atom. The minimum Gasteiger partial charge on any atom is -0.324 e. The molecule has 0 aliphatic heterocycles. The zero-order valence-corrected chi connectivity index (χ0v) is 15.7. The molecule has 0 aliphatic carbocycles. The van der Waals surface area contributed by atoms with Crippen LogP contribution in [0.4, 0.5) is 11.4 Å². The third-order valence-electron chi connectivity index (χ3n) is 3.81. The molecule has 3 rings (SSSR count). The third-order valence-corrected chi connectivity index (χ3v) is 4.39. The minimum absolute atomic E-state index is 0.175. The van der Waals surface area contributed by atoms with Crippen molar-refractivity contribution >= 4 is 46.4 Å². The molecule has 0 radical (unpaired) electrons. The Balaban J connectivity index is 1.70. The second-order valence-corrected chi connectivity index (χ2v) is 6.71. The fraction of sp³-hybridized carbons (Fsp3) is 0.0476. The van der Waals surface area contributed by atoms with Crippen molar-refractivity contribution in [2.45, 2.75) is 6.42 Å². The number of carbonyl (C=O) groups excluding carboxylic acids is 2. The van der Waals surface area contributed by atoms with Crippen LogP contribution in [0.15, 0.2) is 72.8 Å². The molecule has 0 atom stereocenters. The van der Waals surface area contributed by atoms with Gasteiger partial charge in [0.1, 0.15) is 0 Å². The number of hydrogen-bond donors (Lipinski definition) is 2. The van der Waals surface area contributed by atoms with Gasteiger partial charge in [-0.3, -0.25) is 9.59 Å². The smallest absolute Gasteiger partial charge is 0.255 e. The van der Waals surface area contributed by atoms with E-state index < -0.39 is 0 Å². The molecule has 0 spiro atoms. The highest BCUT2D eigenvalue weighted by Crippen LogP contribution is 2.24. The van der Waals surface area contributed by atoms with Crippen molar-refractivity contribution in [2.75, 3.05) is 10.6 Å². The third kappa shape index (κ3) is 5.33. The van der Waals surface area contributed by atoms with E-state index in [2.05, 4.69) is 10.6 Å². The van der Waals surface area contributed by atoms with Crippen LogP contribution in [-0.4, -0.2) is 11.8 Å². The quantitative estimate of drug-likeness (QED) is 0.601. The van der Waals surface area contributed by atoms with Gasteiger partial charge in [-0.25, -0.2) is 0 Å². The minimum atomic E-state index is -0.286. The van der Waals surface area contributed by atoms with Gasteiger partial charge < -0.3 is 10.6 Å². The summed E-state index contributed by atoms with van der Waals surface area (Å²) in [5.74, 6) is -0.522. The second kappa shape index (κ2) is 8.71. The van der Waals surface area contributed by atoms with Crippen LogP contribution in [0.3, 0.4) is 0 Å². The number of rotatable bonds is 5. The normalized spacial score (nSPS) is 10.3. The Morgan fingerprint density at radius 1 is 0.815 bits per heavy atom. The predicted molar refractivity (Wildman–Crippen MR) is 110 cm³/mol. The molecule has 0 aliphatic rings. The van der Waals surface area contributed by atoms with E-state index in [-0.39, 0.29) is 18.2 Å². The Labute approximate surface area is 167 Å². The molecule has 3 aromatic carbocycles. The van der Waals surface area contributed by atoms with Gasteiger partial charge in [-0.15, -0.1) is 0 Å². The summed E-state index contributed by atoms with van der Waals surface area (Å²) in [6, 6.07) is 20.9. The molecule has 2 N–H and O–H groups in total. The fourth-order valence-electron chi connectivity index (χ4n) is 2.47. The monoisotopic (exact) mass is 398 g/mol. The van der Waals surface area contributed by atoms with Gasteiger partial charge in [0.05, 0.1) is 17.1 Å². The van der Waals surface area contributed by atoms with E-state index in [1.54, 1.807) is 54.6 Å². The molecule has 0 saturated heterocycles. The first kappa shape index (κ1) is 19.0. The lowest BCUT2D eigenvalue weighted by Gasteiger charge is -2.10. The predicted octanol–water partition coefficient (Wildman–Crippen LogP) is 5.43. The molecular formula is C21H16Cl2N2O2. The maximum absolute atomic E-state index is 12.4. The fourth-order valence-corrected chi connectivity index (χ4v) is 2.76. The molecular weight excluding hydrogens is 383 g/mol. The Bertz CT molecular complexity index is 958. The summed E-state index contributed by atoms with van der Waals surface area (Å²) in [4.78, 5) is 24.7. The molecule has 6 heteroatoms. The second-order valence-electron chi connectivity index (χ2n) is 5.87. The summed E-state index contributed by atoms with van der Waals surface area (Å²) in [5.41, 5.74) is 2.29. The van der Waals surface area contributed by atoms with Crippen molar-refractivity contribution in [1.82, 2.24) is 0 Å². The topological polar surface area (TPSA) is 58.2 Å². The summed E-state index contributed by atoms with van der Waals surface area (Å²) in [7, 11) is 0. The van der Waals surface area contributed by atoms with Crippen molar-refractivity contribution in [3.8, 4) is 0 Å². The Morgan fingerprint density at radius 2 is 1.52 bits per heavy atom. The molecule has 0 saturated carbocycles. The van der Waals surface area contributed by atoms with E-state index in [1.807, 2.05) is 18.2 Å². The molecule has 0 bridgehead atoms. The summed E-state index contributed by atoms with van der Waals surface area (Å²) in [6.07, 6.45) is 0.175. The summed E-state index contributed by atoms with van der Waals surface area (Å²) in [5, 5.41) is 6.51. The van der Waals surface area contributed by atoms with Crippen LogP contribution in [0.25, 0.3) is 0 Å². The maximum atomic E-state index is 12.4. The number of carbonyl (C=O) groups is 2. The Hall–Kier alpha value is -2.82. The summed E-state index contributed by atoms with van der Waals surface area (Å²) < 4.78 is 0. The highest BCUT2D eigenvalue weighted by atomic mass is 35.5. The first-order chi connectivity index (χ1) is 13.0. The van der Waals surface area contributed by atoms with Gasteiger partial charge in [0.25, 0.3) is 5.91 Å². The Kier molecular flexibility index (Phi) is 6.12. The van der Waals surface area contributed by atoms with E-state index in [0.717, 1.165) is 5.56 Å². The maximum Gasteiger partial charge on any atom is 0.255 e. The SMILES string of the molecule is O=C(Cc1ccc(Cl)cc1)Nc1cc(C(=O)Nc2ccccc2)ccc1Cl. The largest absolute Gasteiger partial charge is 0.324 e. The molecule has 0 heterocycles. The highest BCUT2D eigenvalue weighted by molar-refractivity contribution is 6.34. The number of halogens is 2. The van der Waals surface area contributed by atoms with E-state index in [9.17, 15) is 9.59 Å². The standard InChI is InChI=1S/C21H16Cl2N2O2/c22-16-9-6-14(7-10-16)12-20(26)25-19-13-15(8-11-18(19)23)21(27)24-17-4-2-1-3-5-17/h1-11,13H,12H2,(H,24,27)(H,25,26). The van der Waals surface area contributed by atoms with Crippen LogP contribution in [0.5, 0.6) is 0 Å². The van der Waals surface area contributed by atoms with Crippen molar-refractivity contribution < 1.29 is 9.59 Å². The van der Waals surface area contributed by atoms with Crippen molar-refractivity contribution in [1.29, 1.82) is 0 Å². The highest BCUT2D eigenvalue weighted by Gasteiger charge is 2.12. The van der Waals surface area contributed by atoms with E-state index in [0.29, 0.717) is 27.0 Å². The lowest BCUT2D eigenvalue weighted by molar-refractivity contribution is -0.115. The van der Waals surface area contributed by atoms with Gasteiger partial charge in [-0.05, 0) is 48.0 Å². The van der Waals surface area contributed by atoms with E-state index in [4.69, 9.17) is 23.2 Å². The van der Waals surface area contributed by atoms with Crippen LogP contribution in [0.2, 0.25) is 10.0 Å².